The molecule has 0 spiro atoms. The van der Waals surface area contributed by atoms with Crippen molar-refractivity contribution in [3.63, 3.8) is 0 Å². The summed E-state index contributed by atoms with van der Waals surface area (Å²) >= 11 is 0. The Morgan fingerprint density at radius 3 is 2.41 bits per heavy atom. The number of ether oxygens (including phenoxy) is 2. The van der Waals surface area contributed by atoms with Crippen LogP contribution in [0.15, 0.2) is 24.3 Å². The Balaban J connectivity index is 1.54. The van der Waals surface area contributed by atoms with Gasteiger partial charge < -0.3 is 24.7 Å². The molecule has 1 atom stereocenters. The first-order valence-electron chi connectivity index (χ1n) is 11.3. The van der Waals surface area contributed by atoms with E-state index in [1.807, 2.05) is 31.2 Å². The molecule has 1 aliphatic heterocycles. The number of nitrogens with one attached hydrogen (secondary N) is 2. The van der Waals surface area contributed by atoms with Crippen LogP contribution in [-0.2, 0) is 14.3 Å². The molecule has 1 fully saturated rings. The third-order valence-electron chi connectivity index (χ3n) is 6.12. The number of Topliss-reactive ketones (excluding diaryl/α,β-unsaturated/α-hetero) is 1. The van der Waals surface area contributed by atoms with Crippen molar-refractivity contribution in [2.75, 3.05) is 25.5 Å². The summed E-state index contributed by atoms with van der Waals surface area (Å²) in [5.41, 5.74) is 3.28. The van der Waals surface area contributed by atoms with Crippen LogP contribution >= 0.6 is 0 Å². The predicted octanol–water partition coefficient (Wildman–Crippen LogP) is 3.79. The van der Waals surface area contributed by atoms with Crippen molar-refractivity contribution >= 4 is 29.4 Å². The maximum atomic E-state index is 12.9. The topological polar surface area (TPSA) is 118 Å². The van der Waals surface area contributed by atoms with Crippen molar-refractivity contribution in [2.45, 2.75) is 46.6 Å². The molecule has 2 heterocycles. The fraction of sp³-hybridized carbons (Fsp3) is 0.440. The Bertz CT molecular complexity index is 1100. The zero-order valence-corrected chi connectivity index (χ0v) is 20.2. The van der Waals surface area contributed by atoms with Gasteiger partial charge >= 0.3 is 18.0 Å². The van der Waals surface area contributed by atoms with E-state index in [9.17, 15) is 19.2 Å². The number of benzene rings is 1. The van der Waals surface area contributed by atoms with Crippen LogP contribution in [-0.4, -0.2) is 59.9 Å². The first-order valence-corrected chi connectivity index (χ1v) is 11.3. The van der Waals surface area contributed by atoms with Gasteiger partial charge in [-0.15, -0.1) is 0 Å². The maximum absolute atomic E-state index is 12.9. The molecule has 182 valence electrons. The van der Waals surface area contributed by atoms with E-state index < -0.39 is 29.7 Å². The summed E-state index contributed by atoms with van der Waals surface area (Å²) in [4.78, 5) is 54.6. The summed E-state index contributed by atoms with van der Waals surface area (Å²) in [7, 11) is 1.28. The molecular formula is C25H31N3O6. The minimum absolute atomic E-state index is 0.208. The summed E-state index contributed by atoms with van der Waals surface area (Å²) in [6, 6.07) is 7.34. The third kappa shape index (κ3) is 5.47. The highest BCUT2D eigenvalue weighted by atomic mass is 16.5. The van der Waals surface area contributed by atoms with Gasteiger partial charge in [0.05, 0.1) is 24.3 Å². The second-order valence-electron chi connectivity index (χ2n) is 8.62. The molecular weight excluding hydrogens is 438 g/mol. The van der Waals surface area contributed by atoms with E-state index in [2.05, 4.69) is 10.3 Å². The molecule has 0 bridgehead atoms. The smallest absolute Gasteiger partial charge is 0.339 e. The van der Waals surface area contributed by atoms with Crippen LogP contribution in [0.1, 0.15) is 57.4 Å². The number of ketones is 1. The number of carbonyl (C=O) groups is 4. The van der Waals surface area contributed by atoms with E-state index in [4.69, 9.17) is 9.47 Å². The van der Waals surface area contributed by atoms with Gasteiger partial charge in [0.2, 0.25) is 5.78 Å². The quantitative estimate of drug-likeness (QED) is 0.491. The molecule has 2 N–H and O–H groups in total. The fourth-order valence-electron chi connectivity index (χ4n) is 4.18. The number of H-pyrrole nitrogens is 1. The SMILES string of the molecule is COC(=O)c1c(C)[nH]c(C(=O)C(C)OC(=O)C2CCN(C(=O)Nc3cccc(C)c3)CC2)c1C. The van der Waals surface area contributed by atoms with Crippen molar-refractivity contribution in [2.24, 2.45) is 5.92 Å². The van der Waals surface area contributed by atoms with Gasteiger partial charge in [-0.3, -0.25) is 9.59 Å². The minimum atomic E-state index is -1.02. The zero-order chi connectivity index (χ0) is 25.0. The number of esters is 2. The van der Waals surface area contributed by atoms with E-state index in [-0.39, 0.29) is 11.7 Å². The molecule has 9 nitrogen and oxygen atoms in total. The van der Waals surface area contributed by atoms with Gasteiger partial charge in [0.15, 0.2) is 6.10 Å². The van der Waals surface area contributed by atoms with Crippen molar-refractivity contribution in [1.29, 1.82) is 0 Å². The summed E-state index contributed by atoms with van der Waals surface area (Å²) in [6.07, 6.45) is -0.111. The number of urea groups is 1. The average Bonchev–Trinajstić information content (AvgIpc) is 3.11. The third-order valence-corrected chi connectivity index (χ3v) is 6.12. The molecule has 0 saturated carbocycles. The van der Waals surface area contributed by atoms with Crippen LogP contribution in [0.2, 0.25) is 0 Å². The first kappa shape index (κ1) is 25.0. The van der Waals surface area contributed by atoms with Gasteiger partial charge in [-0.2, -0.15) is 0 Å². The average molecular weight is 470 g/mol. The summed E-state index contributed by atoms with van der Waals surface area (Å²) in [6.45, 7) is 7.62. The molecule has 0 radical (unpaired) electrons. The highest BCUT2D eigenvalue weighted by Gasteiger charge is 2.32. The summed E-state index contributed by atoms with van der Waals surface area (Å²) in [5, 5.41) is 2.88. The van der Waals surface area contributed by atoms with Crippen molar-refractivity contribution in [3.8, 4) is 0 Å². The second kappa shape index (κ2) is 10.5. The Morgan fingerprint density at radius 1 is 1.12 bits per heavy atom. The number of aromatic nitrogens is 1. The Morgan fingerprint density at radius 2 is 1.79 bits per heavy atom. The number of hydrogen-bond acceptors (Lipinski definition) is 6. The number of rotatable bonds is 6. The van der Waals surface area contributed by atoms with Gasteiger partial charge in [0.1, 0.15) is 0 Å². The lowest BCUT2D eigenvalue weighted by molar-refractivity contribution is -0.152. The first-order chi connectivity index (χ1) is 16.1. The number of hydrogen-bond donors (Lipinski definition) is 2. The molecule has 2 aromatic rings. The highest BCUT2D eigenvalue weighted by Crippen LogP contribution is 2.23. The molecule has 2 amide bonds. The number of nitrogens with zero attached hydrogens (tertiary/aromatic N) is 1. The van der Waals surface area contributed by atoms with E-state index in [1.165, 1.54) is 14.0 Å². The largest absolute Gasteiger partial charge is 0.465 e. The number of piperidine rings is 1. The van der Waals surface area contributed by atoms with E-state index in [0.717, 1.165) is 11.3 Å². The van der Waals surface area contributed by atoms with Crippen LogP contribution in [0.3, 0.4) is 0 Å². The molecule has 3 rings (SSSR count). The molecule has 9 heteroatoms. The highest BCUT2D eigenvalue weighted by molar-refractivity contribution is 6.04. The molecule has 1 saturated heterocycles. The van der Waals surface area contributed by atoms with Crippen LogP contribution in [0, 0.1) is 26.7 Å². The normalized spacial score (nSPS) is 14.9. The van der Waals surface area contributed by atoms with Gasteiger partial charge in [-0.25, -0.2) is 9.59 Å². The number of amides is 2. The van der Waals surface area contributed by atoms with E-state index in [0.29, 0.717) is 42.8 Å². The van der Waals surface area contributed by atoms with Crippen LogP contribution in [0.5, 0.6) is 0 Å². The lowest BCUT2D eigenvalue weighted by Crippen LogP contribution is -2.43. The van der Waals surface area contributed by atoms with E-state index in [1.54, 1.807) is 18.7 Å². The van der Waals surface area contributed by atoms with Gasteiger partial charge in [-0.1, -0.05) is 12.1 Å². The molecule has 1 unspecified atom stereocenters. The number of methoxy groups -OCH3 is 1. The number of anilines is 1. The standard InChI is InChI=1S/C25H31N3O6/c1-14-7-6-8-19(13-14)27-25(32)28-11-9-18(10-12-28)23(30)34-17(4)22(29)21-15(2)20(16(3)26-21)24(31)33-5/h6-8,13,17-18,26H,9-12H2,1-5H3,(H,27,32). The molecule has 0 aliphatic carbocycles. The second-order valence-corrected chi connectivity index (χ2v) is 8.62. The van der Waals surface area contributed by atoms with Gasteiger partial charge in [-0.05, 0) is 63.8 Å². The lowest BCUT2D eigenvalue weighted by Gasteiger charge is -2.31. The molecule has 1 aromatic heterocycles. The molecule has 1 aromatic carbocycles. The zero-order valence-electron chi connectivity index (χ0n) is 20.2. The number of carbonyl (C=O) groups excluding carboxylic acids is 4. The van der Waals surface area contributed by atoms with Crippen molar-refractivity contribution in [1.82, 2.24) is 9.88 Å². The van der Waals surface area contributed by atoms with Crippen molar-refractivity contribution < 1.29 is 28.7 Å². The van der Waals surface area contributed by atoms with Crippen LogP contribution in [0.4, 0.5) is 10.5 Å². The summed E-state index contributed by atoms with van der Waals surface area (Å²) < 4.78 is 10.2. The maximum Gasteiger partial charge on any atom is 0.339 e. The number of aromatic amines is 1. The molecule has 34 heavy (non-hydrogen) atoms. The van der Waals surface area contributed by atoms with Gasteiger partial charge in [0, 0.05) is 24.5 Å². The lowest BCUT2D eigenvalue weighted by atomic mass is 9.97. The Labute approximate surface area is 198 Å². The fourth-order valence-corrected chi connectivity index (χ4v) is 4.18. The van der Waals surface area contributed by atoms with Crippen LogP contribution in [0.25, 0.3) is 0 Å². The van der Waals surface area contributed by atoms with E-state index >= 15 is 0 Å². The molecule has 1 aliphatic rings. The Kier molecular flexibility index (Phi) is 7.75. The van der Waals surface area contributed by atoms with Crippen molar-refractivity contribution in [3.05, 3.63) is 52.3 Å². The van der Waals surface area contributed by atoms with Crippen LogP contribution < -0.4 is 5.32 Å². The monoisotopic (exact) mass is 469 g/mol. The van der Waals surface area contributed by atoms with Gasteiger partial charge in [0.25, 0.3) is 0 Å². The number of likely N-dealkylation sites (tertiary alicyclic amines) is 1. The minimum Gasteiger partial charge on any atom is -0.465 e. The number of aryl methyl sites for hydroxylation is 2. The predicted molar refractivity (Wildman–Crippen MR) is 126 cm³/mol. The Hall–Kier alpha value is -3.62. The summed E-state index contributed by atoms with van der Waals surface area (Å²) in [5.74, 6) is -1.81.